The number of nitrogens with zero attached hydrogens (tertiary/aromatic N) is 1. The number of benzene rings is 2. The van der Waals surface area contributed by atoms with E-state index in [9.17, 15) is 22.8 Å². The van der Waals surface area contributed by atoms with Crippen LogP contribution in [0.4, 0.5) is 10.5 Å². The fourth-order valence-electron chi connectivity index (χ4n) is 3.16. The highest BCUT2D eigenvalue weighted by atomic mass is 32.2. The first-order valence-electron chi connectivity index (χ1n) is 9.59. The Kier molecular flexibility index (Phi) is 6.59. The van der Waals surface area contributed by atoms with Crippen molar-refractivity contribution in [2.75, 3.05) is 17.1 Å². The molecule has 2 aromatic rings. The Morgan fingerprint density at radius 3 is 2.52 bits per heavy atom. The van der Waals surface area contributed by atoms with Crippen LogP contribution in [0.5, 0.6) is 0 Å². The molecule has 1 aliphatic rings. The summed E-state index contributed by atoms with van der Waals surface area (Å²) in [6.07, 6.45) is 0.401. The second-order valence-corrected chi connectivity index (χ2v) is 9.04. The van der Waals surface area contributed by atoms with Crippen molar-refractivity contribution in [3.63, 3.8) is 0 Å². The first-order chi connectivity index (χ1) is 14.6. The van der Waals surface area contributed by atoms with Gasteiger partial charge in [0.2, 0.25) is 10.0 Å². The van der Waals surface area contributed by atoms with Gasteiger partial charge in [0.15, 0.2) is 6.10 Å². The number of urea groups is 1. The Balaban J connectivity index is 1.54. The lowest BCUT2D eigenvalue weighted by Crippen LogP contribution is -2.44. The summed E-state index contributed by atoms with van der Waals surface area (Å²) in [5.74, 6) is -1.50. The molecule has 0 aliphatic carbocycles. The molecule has 1 heterocycles. The number of sulfonamides is 1. The van der Waals surface area contributed by atoms with Gasteiger partial charge in [-0.15, -0.1) is 0 Å². The van der Waals surface area contributed by atoms with Crippen LogP contribution in [-0.4, -0.2) is 45.2 Å². The maximum absolute atomic E-state index is 12.4. The molecule has 3 rings (SSSR count). The average molecular weight is 445 g/mol. The third-order valence-corrected chi connectivity index (χ3v) is 5.93. The molecule has 0 saturated carbocycles. The molecule has 0 saturated heterocycles. The van der Waals surface area contributed by atoms with Gasteiger partial charge in [0.05, 0.1) is 17.5 Å². The number of hydrogen-bond donors (Lipinski definition) is 2. The van der Waals surface area contributed by atoms with Crippen LogP contribution in [-0.2, 0) is 32.5 Å². The number of esters is 1. The summed E-state index contributed by atoms with van der Waals surface area (Å²) in [6.45, 7) is 1.91. The van der Waals surface area contributed by atoms with Gasteiger partial charge in [-0.1, -0.05) is 30.3 Å². The number of hydrogen-bond acceptors (Lipinski definition) is 6. The van der Waals surface area contributed by atoms with Crippen molar-refractivity contribution in [1.82, 2.24) is 10.6 Å². The van der Waals surface area contributed by atoms with Gasteiger partial charge < -0.3 is 10.1 Å². The molecule has 1 unspecified atom stereocenters. The summed E-state index contributed by atoms with van der Waals surface area (Å²) in [4.78, 5) is 36.4. The predicted octanol–water partition coefficient (Wildman–Crippen LogP) is 1.58. The topological polar surface area (TPSA) is 122 Å². The molecule has 1 atom stereocenters. The highest BCUT2D eigenvalue weighted by molar-refractivity contribution is 7.92. The Morgan fingerprint density at radius 2 is 1.84 bits per heavy atom. The largest absolute Gasteiger partial charge is 0.449 e. The van der Waals surface area contributed by atoms with Crippen LogP contribution < -0.4 is 14.9 Å². The number of ether oxygens (including phenoxy) is 1. The zero-order valence-corrected chi connectivity index (χ0v) is 17.9. The van der Waals surface area contributed by atoms with Crippen molar-refractivity contribution in [3.05, 3.63) is 65.2 Å². The monoisotopic (exact) mass is 445 g/mol. The molecule has 0 fully saturated rings. The van der Waals surface area contributed by atoms with Crippen molar-refractivity contribution in [1.29, 1.82) is 0 Å². The lowest BCUT2D eigenvalue weighted by atomic mass is 10.1. The van der Waals surface area contributed by atoms with Crippen LogP contribution in [0.3, 0.4) is 0 Å². The van der Waals surface area contributed by atoms with Gasteiger partial charge in [0.1, 0.15) is 0 Å². The fraction of sp³-hybridized carbons (Fsp3) is 0.286. The van der Waals surface area contributed by atoms with E-state index in [0.717, 1.165) is 11.8 Å². The molecule has 2 aromatic carbocycles. The van der Waals surface area contributed by atoms with Crippen molar-refractivity contribution in [2.45, 2.75) is 26.0 Å². The molecule has 31 heavy (non-hydrogen) atoms. The van der Waals surface area contributed by atoms with E-state index >= 15 is 0 Å². The fourth-order valence-corrected chi connectivity index (χ4v) is 4.12. The van der Waals surface area contributed by atoms with Crippen LogP contribution in [0.15, 0.2) is 48.5 Å². The highest BCUT2D eigenvalue weighted by Crippen LogP contribution is 2.30. The van der Waals surface area contributed by atoms with Crippen molar-refractivity contribution in [3.8, 4) is 0 Å². The van der Waals surface area contributed by atoms with E-state index in [0.29, 0.717) is 24.2 Å². The van der Waals surface area contributed by atoms with Crippen molar-refractivity contribution < 1.29 is 27.5 Å². The van der Waals surface area contributed by atoms with Gasteiger partial charge >= 0.3 is 12.0 Å². The van der Waals surface area contributed by atoms with Crippen LogP contribution in [0.25, 0.3) is 0 Å². The Morgan fingerprint density at radius 1 is 1.13 bits per heavy atom. The molecule has 9 nitrogen and oxygen atoms in total. The predicted molar refractivity (Wildman–Crippen MR) is 114 cm³/mol. The van der Waals surface area contributed by atoms with E-state index < -0.39 is 34.0 Å². The van der Waals surface area contributed by atoms with Crippen molar-refractivity contribution in [2.24, 2.45) is 0 Å². The third kappa shape index (κ3) is 5.60. The summed E-state index contributed by atoms with van der Waals surface area (Å²) in [6, 6.07) is 13.0. The number of nitrogens with one attached hydrogen (secondary N) is 2. The van der Waals surface area contributed by atoms with E-state index in [1.54, 1.807) is 12.1 Å². The third-order valence-electron chi connectivity index (χ3n) is 4.75. The van der Waals surface area contributed by atoms with Crippen LogP contribution >= 0.6 is 0 Å². The van der Waals surface area contributed by atoms with Crippen molar-refractivity contribution >= 4 is 33.6 Å². The zero-order chi connectivity index (χ0) is 22.6. The summed E-state index contributed by atoms with van der Waals surface area (Å²) in [5.41, 5.74) is 2.30. The smallest absolute Gasteiger partial charge is 0.338 e. The number of carbonyl (C=O) groups is 3. The summed E-state index contributed by atoms with van der Waals surface area (Å²) in [7, 11) is -3.39. The van der Waals surface area contributed by atoms with Gasteiger partial charge in [-0.05, 0) is 42.7 Å². The standard InChI is InChI=1S/C21H23N3O6S/c1-14(19(25)23-21(27)22-13-15-6-4-3-5-7-15)30-20(26)17-8-9-18-16(12-17)10-11-24(18)31(2,28)29/h3-9,12,14H,10-11,13H2,1-2H3,(H2,22,23,25,27). The van der Waals surface area contributed by atoms with Crippen LogP contribution in [0.1, 0.15) is 28.4 Å². The SMILES string of the molecule is CC(OC(=O)c1ccc2c(c1)CCN2S(C)(=O)=O)C(=O)NC(=O)NCc1ccccc1. The summed E-state index contributed by atoms with van der Waals surface area (Å²) >= 11 is 0. The number of fused-ring (bicyclic) bond motifs is 1. The number of carbonyl (C=O) groups excluding carboxylic acids is 3. The van der Waals surface area contributed by atoms with E-state index in [-0.39, 0.29) is 12.1 Å². The Hall–Kier alpha value is -3.40. The molecular formula is C21H23N3O6S. The molecule has 3 amide bonds. The lowest BCUT2D eigenvalue weighted by Gasteiger charge is -2.17. The normalized spacial score (nSPS) is 13.8. The molecule has 0 radical (unpaired) electrons. The minimum absolute atomic E-state index is 0.197. The molecule has 0 bridgehead atoms. The van der Waals surface area contributed by atoms with E-state index in [4.69, 9.17) is 4.74 Å². The Labute approximate surface area is 180 Å². The highest BCUT2D eigenvalue weighted by Gasteiger charge is 2.28. The first kappa shape index (κ1) is 22.3. The van der Waals surface area contributed by atoms with Crippen LogP contribution in [0.2, 0.25) is 0 Å². The minimum atomic E-state index is -3.39. The molecule has 2 N–H and O–H groups in total. The molecule has 0 spiro atoms. The average Bonchev–Trinajstić information content (AvgIpc) is 3.16. The molecular weight excluding hydrogens is 422 g/mol. The summed E-state index contributed by atoms with van der Waals surface area (Å²) < 4.78 is 30.0. The lowest BCUT2D eigenvalue weighted by molar-refractivity contribution is -0.127. The molecule has 10 heteroatoms. The number of amides is 3. The minimum Gasteiger partial charge on any atom is -0.449 e. The van der Waals surface area contributed by atoms with E-state index in [2.05, 4.69) is 10.6 Å². The quantitative estimate of drug-likeness (QED) is 0.651. The number of rotatable bonds is 6. The van der Waals surface area contributed by atoms with Gasteiger partial charge in [-0.2, -0.15) is 0 Å². The summed E-state index contributed by atoms with van der Waals surface area (Å²) in [5, 5.41) is 4.68. The Bertz CT molecular complexity index is 1100. The molecule has 164 valence electrons. The van der Waals surface area contributed by atoms with E-state index in [1.165, 1.54) is 17.3 Å². The maximum Gasteiger partial charge on any atom is 0.338 e. The van der Waals surface area contributed by atoms with E-state index in [1.807, 2.05) is 30.3 Å². The van der Waals surface area contributed by atoms with Gasteiger partial charge in [0.25, 0.3) is 5.91 Å². The second kappa shape index (κ2) is 9.17. The molecule has 1 aliphatic heterocycles. The van der Waals surface area contributed by atoms with Gasteiger partial charge in [-0.3, -0.25) is 14.4 Å². The maximum atomic E-state index is 12.4. The first-order valence-corrected chi connectivity index (χ1v) is 11.4. The second-order valence-electron chi connectivity index (χ2n) is 7.13. The zero-order valence-electron chi connectivity index (χ0n) is 17.1. The van der Waals surface area contributed by atoms with Gasteiger partial charge in [0, 0.05) is 13.1 Å². The molecule has 0 aromatic heterocycles. The van der Waals surface area contributed by atoms with Gasteiger partial charge in [-0.25, -0.2) is 18.0 Å². The number of imide groups is 1. The number of anilines is 1. The van der Waals surface area contributed by atoms with Crippen LogP contribution in [0, 0.1) is 0 Å².